The van der Waals surface area contributed by atoms with Crippen molar-refractivity contribution in [1.82, 2.24) is 10.0 Å². The molecular weight excluding hydrogens is 296 g/mol. The van der Waals surface area contributed by atoms with Gasteiger partial charge in [0.05, 0.1) is 17.2 Å². The molecule has 0 aromatic rings. The molecule has 0 heterocycles. The predicted octanol–water partition coefficient (Wildman–Crippen LogP) is 0.712. The van der Waals surface area contributed by atoms with Gasteiger partial charge >= 0.3 is 5.97 Å². The van der Waals surface area contributed by atoms with Crippen LogP contribution in [-0.4, -0.2) is 43.7 Å². The van der Waals surface area contributed by atoms with Gasteiger partial charge in [-0.1, -0.05) is 20.8 Å². The van der Waals surface area contributed by atoms with E-state index < -0.39 is 33.4 Å². The predicted molar refractivity (Wildman–Crippen MR) is 80.3 cm³/mol. The molecule has 0 saturated heterocycles. The number of amides is 1. The van der Waals surface area contributed by atoms with Crippen LogP contribution in [0.1, 0.15) is 47.0 Å². The molecule has 0 radical (unpaired) electrons. The Bertz CT molecular complexity index is 457. The maximum Gasteiger partial charge on any atom is 0.311 e. The lowest BCUT2D eigenvalue weighted by Gasteiger charge is -2.27. The van der Waals surface area contributed by atoms with Crippen LogP contribution in [0.5, 0.6) is 0 Å². The monoisotopic (exact) mass is 322 g/mol. The molecule has 0 aliphatic rings. The maximum absolute atomic E-state index is 11.9. The van der Waals surface area contributed by atoms with Crippen molar-refractivity contribution in [1.29, 1.82) is 0 Å². The van der Waals surface area contributed by atoms with Crippen molar-refractivity contribution in [3.8, 4) is 0 Å². The van der Waals surface area contributed by atoms with Crippen LogP contribution in [0.25, 0.3) is 0 Å². The summed E-state index contributed by atoms with van der Waals surface area (Å²) in [6.07, 6.45) is 1.22. The molecule has 0 fully saturated rings. The van der Waals surface area contributed by atoms with E-state index in [0.29, 0.717) is 19.3 Å². The van der Waals surface area contributed by atoms with E-state index in [1.54, 1.807) is 20.8 Å². The zero-order chi connectivity index (χ0) is 16.7. The van der Waals surface area contributed by atoms with Gasteiger partial charge in [0.1, 0.15) is 0 Å². The van der Waals surface area contributed by atoms with Gasteiger partial charge in [0.25, 0.3) is 0 Å². The fourth-order valence-corrected chi connectivity index (χ4v) is 3.24. The van der Waals surface area contributed by atoms with E-state index in [1.807, 2.05) is 0 Å². The Morgan fingerprint density at radius 2 is 1.71 bits per heavy atom. The number of carbonyl (C=O) groups is 2. The molecular formula is C13H26N2O5S. The van der Waals surface area contributed by atoms with E-state index in [0.717, 1.165) is 0 Å². The molecule has 0 saturated carbocycles. The largest absolute Gasteiger partial charge is 0.481 e. The van der Waals surface area contributed by atoms with Gasteiger partial charge in [0.15, 0.2) is 0 Å². The molecule has 0 aromatic heterocycles. The number of carbonyl (C=O) groups excluding carboxylic acids is 1. The lowest BCUT2D eigenvalue weighted by atomic mass is 9.82. The normalized spacial score (nSPS) is 13.7. The summed E-state index contributed by atoms with van der Waals surface area (Å²) in [5, 5.41) is 11.8. The molecule has 21 heavy (non-hydrogen) atoms. The van der Waals surface area contributed by atoms with Gasteiger partial charge in [-0.25, -0.2) is 13.1 Å². The van der Waals surface area contributed by atoms with Crippen molar-refractivity contribution in [2.75, 3.05) is 12.3 Å². The SMILES string of the molecule is CCCS(=O)(=O)NC(C)C(=O)NCC(CC)(CC)C(=O)O. The van der Waals surface area contributed by atoms with Crippen LogP contribution in [0.3, 0.4) is 0 Å². The average Bonchev–Trinajstić information content (AvgIpc) is 2.39. The molecule has 124 valence electrons. The molecule has 1 amide bonds. The van der Waals surface area contributed by atoms with E-state index in [1.165, 1.54) is 6.92 Å². The smallest absolute Gasteiger partial charge is 0.311 e. The van der Waals surface area contributed by atoms with Crippen LogP contribution in [0, 0.1) is 5.41 Å². The Morgan fingerprint density at radius 3 is 2.10 bits per heavy atom. The summed E-state index contributed by atoms with van der Waals surface area (Å²) in [5.41, 5.74) is -1.02. The Morgan fingerprint density at radius 1 is 1.19 bits per heavy atom. The van der Waals surface area contributed by atoms with Crippen molar-refractivity contribution in [3.63, 3.8) is 0 Å². The van der Waals surface area contributed by atoms with Crippen LogP contribution in [-0.2, 0) is 19.6 Å². The highest BCUT2D eigenvalue weighted by Gasteiger charge is 2.35. The van der Waals surface area contributed by atoms with Crippen LogP contribution in [0.2, 0.25) is 0 Å². The first kappa shape index (κ1) is 19.9. The third kappa shape index (κ3) is 6.01. The Kier molecular flexibility index (Phi) is 7.87. The maximum atomic E-state index is 11.9. The van der Waals surface area contributed by atoms with Gasteiger partial charge in [-0.3, -0.25) is 9.59 Å². The standard InChI is InChI=1S/C13H26N2O5S/c1-5-8-21(19,20)15-10(4)11(16)14-9-13(6-2,7-3)12(17)18/h10,15H,5-9H2,1-4H3,(H,14,16)(H,17,18). The second-order valence-electron chi connectivity index (χ2n) is 5.17. The minimum Gasteiger partial charge on any atom is -0.481 e. The van der Waals surface area contributed by atoms with Crippen LogP contribution in [0.15, 0.2) is 0 Å². The summed E-state index contributed by atoms with van der Waals surface area (Å²) in [6, 6.07) is -0.929. The number of sulfonamides is 1. The fraction of sp³-hybridized carbons (Fsp3) is 0.846. The minimum absolute atomic E-state index is 0.0198. The van der Waals surface area contributed by atoms with E-state index in [-0.39, 0.29) is 12.3 Å². The van der Waals surface area contributed by atoms with Crippen LogP contribution >= 0.6 is 0 Å². The van der Waals surface area contributed by atoms with E-state index in [2.05, 4.69) is 10.0 Å². The van der Waals surface area contributed by atoms with Crippen LogP contribution in [0.4, 0.5) is 0 Å². The molecule has 0 rings (SSSR count). The number of nitrogens with one attached hydrogen (secondary N) is 2. The molecule has 1 unspecified atom stereocenters. The number of hydrogen-bond acceptors (Lipinski definition) is 4. The topological polar surface area (TPSA) is 113 Å². The molecule has 0 spiro atoms. The minimum atomic E-state index is -3.48. The van der Waals surface area contributed by atoms with Crippen molar-refractivity contribution in [2.45, 2.75) is 53.0 Å². The lowest BCUT2D eigenvalue weighted by molar-refractivity contribution is -0.149. The zero-order valence-electron chi connectivity index (χ0n) is 13.1. The number of carboxylic acids is 1. The Balaban J connectivity index is 4.66. The van der Waals surface area contributed by atoms with Gasteiger partial charge < -0.3 is 10.4 Å². The van der Waals surface area contributed by atoms with Gasteiger partial charge in [-0.05, 0) is 26.2 Å². The molecule has 8 heteroatoms. The summed E-state index contributed by atoms with van der Waals surface area (Å²) in [4.78, 5) is 23.2. The summed E-state index contributed by atoms with van der Waals surface area (Å²) in [7, 11) is -3.48. The summed E-state index contributed by atoms with van der Waals surface area (Å²) in [5.74, 6) is -1.54. The summed E-state index contributed by atoms with van der Waals surface area (Å²) >= 11 is 0. The lowest BCUT2D eigenvalue weighted by Crippen LogP contribution is -2.49. The third-order valence-corrected chi connectivity index (χ3v) is 5.29. The highest BCUT2D eigenvalue weighted by molar-refractivity contribution is 7.89. The average molecular weight is 322 g/mol. The molecule has 0 aromatic carbocycles. The molecule has 0 aliphatic carbocycles. The second kappa shape index (κ2) is 8.33. The molecule has 0 bridgehead atoms. The van der Waals surface area contributed by atoms with Crippen molar-refractivity contribution < 1.29 is 23.1 Å². The quantitative estimate of drug-likeness (QED) is 0.548. The zero-order valence-corrected chi connectivity index (χ0v) is 13.9. The molecule has 1 atom stereocenters. The number of carboxylic acid groups (broad SMARTS) is 1. The fourth-order valence-electron chi connectivity index (χ4n) is 1.94. The molecule has 7 nitrogen and oxygen atoms in total. The van der Waals surface area contributed by atoms with Gasteiger partial charge in [-0.2, -0.15) is 0 Å². The first-order valence-electron chi connectivity index (χ1n) is 7.15. The van der Waals surface area contributed by atoms with Crippen molar-refractivity contribution in [3.05, 3.63) is 0 Å². The summed E-state index contributed by atoms with van der Waals surface area (Å²) in [6.45, 7) is 6.64. The number of hydrogen-bond donors (Lipinski definition) is 3. The number of aliphatic carboxylic acids is 1. The highest BCUT2D eigenvalue weighted by atomic mass is 32.2. The Hall–Kier alpha value is -1.15. The second-order valence-corrected chi connectivity index (χ2v) is 7.04. The van der Waals surface area contributed by atoms with Crippen LogP contribution < -0.4 is 10.0 Å². The number of rotatable bonds is 10. The first-order valence-corrected chi connectivity index (χ1v) is 8.80. The Labute approximate surface area is 126 Å². The molecule has 0 aliphatic heterocycles. The van der Waals surface area contributed by atoms with Crippen molar-refractivity contribution >= 4 is 21.9 Å². The highest BCUT2D eigenvalue weighted by Crippen LogP contribution is 2.25. The first-order chi connectivity index (χ1) is 9.64. The van der Waals surface area contributed by atoms with E-state index >= 15 is 0 Å². The van der Waals surface area contributed by atoms with Gasteiger partial charge in [0.2, 0.25) is 15.9 Å². The summed E-state index contributed by atoms with van der Waals surface area (Å²) < 4.78 is 25.4. The van der Waals surface area contributed by atoms with Gasteiger partial charge in [0, 0.05) is 6.54 Å². The van der Waals surface area contributed by atoms with Gasteiger partial charge in [-0.15, -0.1) is 0 Å². The molecule has 3 N–H and O–H groups in total. The van der Waals surface area contributed by atoms with Crippen molar-refractivity contribution in [2.24, 2.45) is 5.41 Å². The van der Waals surface area contributed by atoms with E-state index in [4.69, 9.17) is 0 Å². The van der Waals surface area contributed by atoms with E-state index in [9.17, 15) is 23.1 Å². The third-order valence-electron chi connectivity index (χ3n) is 3.63.